The van der Waals surface area contributed by atoms with Crippen molar-refractivity contribution in [1.29, 1.82) is 0 Å². The molecule has 0 aliphatic carbocycles. The fourth-order valence-electron chi connectivity index (χ4n) is 3.44. The van der Waals surface area contributed by atoms with Crippen molar-refractivity contribution in [2.45, 2.75) is 110 Å². The molecule has 0 aromatic carbocycles. The second-order valence-electron chi connectivity index (χ2n) is 7.58. The van der Waals surface area contributed by atoms with Gasteiger partial charge in [-0.1, -0.05) is 84.0 Å². The number of amidine groups is 1. The molecule has 0 saturated carbocycles. The number of unbranched alkanes of at least 4 members (excludes halogenated alkanes) is 12. The predicted octanol–water partition coefficient (Wildman–Crippen LogP) is 5.78. The molecule has 1 rings (SSSR count). The third kappa shape index (κ3) is 12.2. The number of aliphatic hydroxyl groups is 1. The molecule has 1 unspecified atom stereocenters. The smallest absolute Gasteiger partial charge is 0.120 e. The fourth-order valence-corrected chi connectivity index (χ4v) is 3.44. The quantitative estimate of drug-likeness (QED) is 0.347. The van der Waals surface area contributed by atoms with Crippen molar-refractivity contribution in [3.05, 3.63) is 11.6 Å². The predicted molar refractivity (Wildman–Crippen MR) is 110 cm³/mol. The van der Waals surface area contributed by atoms with Gasteiger partial charge in [0.2, 0.25) is 0 Å². The summed E-state index contributed by atoms with van der Waals surface area (Å²) >= 11 is 0. The maximum Gasteiger partial charge on any atom is 0.120 e. The summed E-state index contributed by atoms with van der Waals surface area (Å²) in [6.07, 6.45) is 20.6. The van der Waals surface area contributed by atoms with Gasteiger partial charge in [0.25, 0.3) is 0 Å². The van der Waals surface area contributed by atoms with Crippen molar-refractivity contribution in [3.8, 4) is 0 Å². The SMILES string of the molecule is CCCCCCCCCCCCCCCC(=CC1=NCCN1)C(C)O. The summed E-state index contributed by atoms with van der Waals surface area (Å²) in [4.78, 5) is 4.39. The number of hydrogen-bond donors (Lipinski definition) is 2. The summed E-state index contributed by atoms with van der Waals surface area (Å²) in [5.74, 6) is 0.950. The Labute approximate surface area is 156 Å². The summed E-state index contributed by atoms with van der Waals surface area (Å²) in [5, 5.41) is 13.2. The van der Waals surface area contributed by atoms with E-state index in [1.54, 1.807) is 0 Å². The van der Waals surface area contributed by atoms with E-state index in [1.165, 1.54) is 83.5 Å². The van der Waals surface area contributed by atoms with Gasteiger partial charge in [-0.25, -0.2) is 0 Å². The van der Waals surface area contributed by atoms with Crippen LogP contribution in [0.1, 0.15) is 104 Å². The molecule has 0 bridgehead atoms. The molecule has 1 aliphatic heterocycles. The van der Waals surface area contributed by atoms with Gasteiger partial charge in [-0.3, -0.25) is 4.99 Å². The highest BCUT2D eigenvalue weighted by molar-refractivity contribution is 5.94. The average molecular weight is 351 g/mol. The molecule has 1 heterocycles. The largest absolute Gasteiger partial charge is 0.389 e. The normalized spacial score (nSPS) is 16.0. The first-order valence-corrected chi connectivity index (χ1v) is 10.9. The minimum atomic E-state index is -0.359. The lowest BCUT2D eigenvalue weighted by Crippen LogP contribution is -2.18. The Bertz CT molecular complexity index is 374. The molecule has 0 aromatic heterocycles. The molecule has 0 aromatic rings. The fraction of sp³-hybridized carbons (Fsp3) is 0.864. The monoisotopic (exact) mass is 350 g/mol. The van der Waals surface area contributed by atoms with Crippen molar-refractivity contribution in [3.63, 3.8) is 0 Å². The van der Waals surface area contributed by atoms with Crippen molar-refractivity contribution < 1.29 is 5.11 Å². The molecule has 146 valence electrons. The molecule has 3 nitrogen and oxygen atoms in total. The topological polar surface area (TPSA) is 44.6 Å². The van der Waals surface area contributed by atoms with Crippen LogP contribution in [-0.4, -0.2) is 30.1 Å². The second-order valence-corrected chi connectivity index (χ2v) is 7.58. The van der Waals surface area contributed by atoms with E-state index in [-0.39, 0.29) is 6.10 Å². The summed E-state index contributed by atoms with van der Waals surface area (Å²) in [6, 6.07) is 0. The molecule has 3 heteroatoms. The van der Waals surface area contributed by atoms with E-state index in [0.717, 1.165) is 30.9 Å². The van der Waals surface area contributed by atoms with Gasteiger partial charge in [-0.05, 0) is 31.4 Å². The van der Waals surface area contributed by atoms with Crippen LogP contribution in [0.15, 0.2) is 16.6 Å². The zero-order valence-corrected chi connectivity index (χ0v) is 16.9. The van der Waals surface area contributed by atoms with Crippen LogP contribution in [0.3, 0.4) is 0 Å². The van der Waals surface area contributed by atoms with Gasteiger partial charge < -0.3 is 10.4 Å². The van der Waals surface area contributed by atoms with E-state index >= 15 is 0 Å². The highest BCUT2D eigenvalue weighted by atomic mass is 16.3. The molecule has 1 aliphatic rings. The first kappa shape index (κ1) is 22.2. The number of aliphatic imine (C=N–C) groups is 1. The molecule has 25 heavy (non-hydrogen) atoms. The van der Waals surface area contributed by atoms with Crippen LogP contribution in [0.5, 0.6) is 0 Å². The van der Waals surface area contributed by atoms with E-state index in [0.29, 0.717) is 0 Å². The molecule has 0 radical (unpaired) electrons. The standard InChI is InChI=1S/C22H42N2O/c1-3-4-5-6-7-8-9-10-11-12-13-14-15-16-21(20(2)25)19-22-23-17-18-24-22/h19-20,25H,3-18H2,1-2H3,(H,23,24). The van der Waals surface area contributed by atoms with Crippen molar-refractivity contribution in [1.82, 2.24) is 5.32 Å². The van der Waals surface area contributed by atoms with Crippen molar-refractivity contribution in [2.75, 3.05) is 13.1 Å². The molecule has 1 atom stereocenters. The molecular weight excluding hydrogens is 308 g/mol. The third-order valence-corrected chi connectivity index (χ3v) is 5.13. The highest BCUT2D eigenvalue weighted by Gasteiger charge is 2.08. The number of hydrogen-bond acceptors (Lipinski definition) is 3. The van der Waals surface area contributed by atoms with E-state index < -0.39 is 0 Å². The van der Waals surface area contributed by atoms with Gasteiger partial charge in [0.05, 0.1) is 12.6 Å². The van der Waals surface area contributed by atoms with Crippen molar-refractivity contribution >= 4 is 5.84 Å². The van der Waals surface area contributed by atoms with Crippen LogP contribution in [0.4, 0.5) is 0 Å². The highest BCUT2D eigenvalue weighted by Crippen LogP contribution is 2.16. The Morgan fingerprint density at radius 1 is 0.960 bits per heavy atom. The van der Waals surface area contributed by atoms with Crippen molar-refractivity contribution in [2.24, 2.45) is 4.99 Å². The van der Waals surface area contributed by atoms with Crippen LogP contribution < -0.4 is 5.32 Å². The summed E-state index contributed by atoms with van der Waals surface area (Å²) in [5.41, 5.74) is 1.12. The number of nitrogens with one attached hydrogen (secondary N) is 1. The maximum absolute atomic E-state index is 9.91. The zero-order valence-electron chi connectivity index (χ0n) is 16.9. The molecule has 2 N–H and O–H groups in total. The van der Waals surface area contributed by atoms with Gasteiger partial charge >= 0.3 is 0 Å². The summed E-state index contributed by atoms with van der Waals surface area (Å²) in [6.45, 7) is 5.93. The van der Waals surface area contributed by atoms with Crippen LogP contribution in [0.2, 0.25) is 0 Å². The first-order chi connectivity index (χ1) is 12.2. The molecule has 0 saturated heterocycles. The second kappa shape index (κ2) is 15.4. The number of nitrogens with zero attached hydrogens (tertiary/aromatic N) is 1. The Hall–Kier alpha value is -0.830. The Morgan fingerprint density at radius 3 is 1.92 bits per heavy atom. The van der Waals surface area contributed by atoms with Crippen LogP contribution in [0.25, 0.3) is 0 Å². The van der Waals surface area contributed by atoms with Gasteiger partial charge in [0.15, 0.2) is 0 Å². The molecule has 0 fully saturated rings. The number of aliphatic hydroxyl groups excluding tert-OH is 1. The van der Waals surface area contributed by atoms with Gasteiger partial charge in [-0.2, -0.15) is 0 Å². The third-order valence-electron chi connectivity index (χ3n) is 5.13. The Morgan fingerprint density at radius 2 is 1.48 bits per heavy atom. The lowest BCUT2D eigenvalue weighted by molar-refractivity contribution is 0.226. The Kier molecular flexibility index (Phi) is 13.7. The molecular formula is C22H42N2O. The van der Waals surface area contributed by atoms with E-state index in [4.69, 9.17) is 0 Å². The van der Waals surface area contributed by atoms with Gasteiger partial charge in [0.1, 0.15) is 5.84 Å². The van der Waals surface area contributed by atoms with Crippen LogP contribution in [0, 0.1) is 0 Å². The minimum absolute atomic E-state index is 0.359. The lowest BCUT2D eigenvalue weighted by Gasteiger charge is -2.11. The maximum atomic E-state index is 9.91. The van der Waals surface area contributed by atoms with Crippen LogP contribution >= 0.6 is 0 Å². The summed E-state index contributed by atoms with van der Waals surface area (Å²) in [7, 11) is 0. The summed E-state index contributed by atoms with van der Waals surface area (Å²) < 4.78 is 0. The molecule has 0 amide bonds. The van der Waals surface area contributed by atoms with Gasteiger partial charge in [0, 0.05) is 6.54 Å². The number of rotatable bonds is 16. The van der Waals surface area contributed by atoms with E-state index in [9.17, 15) is 5.11 Å². The Balaban J connectivity index is 1.93. The lowest BCUT2D eigenvalue weighted by atomic mass is 10.0. The van der Waals surface area contributed by atoms with E-state index in [1.807, 2.05) is 6.92 Å². The van der Waals surface area contributed by atoms with E-state index in [2.05, 4.69) is 23.3 Å². The minimum Gasteiger partial charge on any atom is -0.389 e. The van der Waals surface area contributed by atoms with Gasteiger partial charge in [-0.15, -0.1) is 0 Å². The molecule has 0 spiro atoms. The van der Waals surface area contributed by atoms with Crippen LogP contribution in [-0.2, 0) is 0 Å². The zero-order chi connectivity index (χ0) is 18.2. The first-order valence-electron chi connectivity index (χ1n) is 10.9. The average Bonchev–Trinajstić information content (AvgIpc) is 3.11.